The van der Waals surface area contributed by atoms with Crippen molar-refractivity contribution >= 4 is 11.6 Å². The predicted molar refractivity (Wildman–Crippen MR) is 91.3 cm³/mol. The van der Waals surface area contributed by atoms with E-state index in [1.165, 1.54) is 13.2 Å². The number of aromatic hydroxyl groups is 1. The Hall–Kier alpha value is -2.69. The van der Waals surface area contributed by atoms with Gasteiger partial charge in [-0.15, -0.1) is 0 Å². The zero-order valence-electron chi connectivity index (χ0n) is 13.6. The molecule has 2 aromatic carbocycles. The van der Waals surface area contributed by atoms with Crippen molar-refractivity contribution in [2.45, 2.75) is 13.0 Å². The van der Waals surface area contributed by atoms with Crippen LogP contribution in [0.3, 0.4) is 0 Å². The average molecular weight is 314 g/mol. The number of phenolic OH excluding ortho intramolecular Hbond substituents is 1. The first-order valence-electron chi connectivity index (χ1n) is 7.46. The normalized spacial score (nSPS) is 11.6. The number of para-hydroxylation sites is 1. The molecule has 23 heavy (non-hydrogen) atoms. The SMILES string of the molecule is COc1ccc(C(=O)NC[C@@H](C)N(C)c2ccccc2)c(O)c1. The van der Waals surface area contributed by atoms with E-state index in [1.807, 2.05) is 44.3 Å². The Balaban J connectivity index is 1.96. The van der Waals surface area contributed by atoms with Crippen LogP contribution < -0.4 is 15.0 Å². The minimum absolute atomic E-state index is 0.0917. The maximum absolute atomic E-state index is 12.2. The number of methoxy groups -OCH3 is 1. The lowest BCUT2D eigenvalue weighted by atomic mass is 10.1. The largest absolute Gasteiger partial charge is 0.507 e. The Labute approximate surface area is 136 Å². The van der Waals surface area contributed by atoms with Gasteiger partial charge in [-0.3, -0.25) is 4.79 Å². The van der Waals surface area contributed by atoms with Crippen LogP contribution in [0.15, 0.2) is 48.5 Å². The third kappa shape index (κ3) is 4.16. The highest BCUT2D eigenvalue weighted by Gasteiger charge is 2.15. The Kier molecular flexibility index (Phi) is 5.46. The predicted octanol–water partition coefficient (Wildman–Crippen LogP) is 2.66. The zero-order chi connectivity index (χ0) is 16.8. The molecule has 1 atom stereocenters. The van der Waals surface area contributed by atoms with Crippen molar-refractivity contribution in [3.8, 4) is 11.5 Å². The van der Waals surface area contributed by atoms with Gasteiger partial charge in [-0.2, -0.15) is 0 Å². The molecular formula is C18H22N2O3. The molecule has 0 aliphatic carbocycles. The van der Waals surface area contributed by atoms with E-state index in [4.69, 9.17) is 4.74 Å². The lowest BCUT2D eigenvalue weighted by Gasteiger charge is -2.27. The van der Waals surface area contributed by atoms with Crippen LogP contribution in [-0.4, -0.2) is 37.8 Å². The number of nitrogens with one attached hydrogen (secondary N) is 1. The standard InChI is InChI=1S/C18H22N2O3/c1-13(20(2)14-7-5-4-6-8-14)12-19-18(22)16-10-9-15(23-3)11-17(16)21/h4-11,13,21H,12H2,1-3H3,(H,19,22)/t13-/m1/s1. The van der Waals surface area contributed by atoms with Crippen molar-refractivity contribution in [3.63, 3.8) is 0 Å². The molecule has 0 bridgehead atoms. The molecule has 2 rings (SSSR count). The summed E-state index contributed by atoms with van der Waals surface area (Å²) in [6, 6.07) is 14.7. The third-order valence-electron chi connectivity index (χ3n) is 3.83. The summed E-state index contributed by atoms with van der Waals surface area (Å²) in [7, 11) is 3.49. The van der Waals surface area contributed by atoms with Gasteiger partial charge in [0.2, 0.25) is 0 Å². The molecule has 0 aliphatic heterocycles. The highest BCUT2D eigenvalue weighted by atomic mass is 16.5. The number of anilines is 1. The molecule has 5 nitrogen and oxygen atoms in total. The molecule has 0 spiro atoms. The van der Waals surface area contributed by atoms with Crippen LogP contribution in [0.1, 0.15) is 17.3 Å². The van der Waals surface area contributed by atoms with Crippen molar-refractivity contribution in [3.05, 3.63) is 54.1 Å². The summed E-state index contributed by atoms with van der Waals surface area (Å²) in [6.07, 6.45) is 0. The van der Waals surface area contributed by atoms with Gasteiger partial charge in [0.15, 0.2) is 0 Å². The monoisotopic (exact) mass is 314 g/mol. The zero-order valence-corrected chi connectivity index (χ0v) is 13.6. The highest BCUT2D eigenvalue weighted by molar-refractivity contribution is 5.97. The fraction of sp³-hybridized carbons (Fsp3) is 0.278. The fourth-order valence-electron chi connectivity index (χ4n) is 2.22. The lowest BCUT2D eigenvalue weighted by Crippen LogP contribution is -2.40. The molecule has 0 aliphatic rings. The second kappa shape index (κ2) is 7.54. The highest BCUT2D eigenvalue weighted by Crippen LogP contribution is 2.23. The smallest absolute Gasteiger partial charge is 0.255 e. The summed E-state index contributed by atoms with van der Waals surface area (Å²) in [5.74, 6) is 0.112. The van der Waals surface area contributed by atoms with Crippen LogP contribution in [0.4, 0.5) is 5.69 Å². The number of likely N-dealkylation sites (N-methyl/N-ethyl adjacent to an activating group) is 1. The molecule has 0 fully saturated rings. The van der Waals surface area contributed by atoms with E-state index in [1.54, 1.807) is 12.1 Å². The molecule has 0 unspecified atom stereocenters. The Morgan fingerprint density at radius 3 is 2.57 bits per heavy atom. The number of ether oxygens (including phenoxy) is 1. The quantitative estimate of drug-likeness (QED) is 0.860. The van der Waals surface area contributed by atoms with Crippen LogP contribution >= 0.6 is 0 Å². The van der Waals surface area contributed by atoms with Crippen molar-refractivity contribution in [1.29, 1.82) is 0 Å². The van der Waals surface area contributed by atoms with E-state index >= 15 is 0 Å². The number of nitrogens with zero attached hydrogens (tertiary/aromatic N) is 1. The summed E-state index contributed by atoms with van der Waals surface area (Å²) in [5, 5.41) is 12.7. The van der Waals surface area contributed by atoms with Crippen LogP contribution in [0, 0.1) is 0 Å². The number of benzene rings is 2. The Morgan fingerprint density at radius 2 is 1.96 bits per heavy atom. The Morgan fingerprint density at radius 1 is 1.26 bits per heavy atom. The first-order valence-corrected chi connectivity index (χ1v) is 7.46. The number of carbonyl (C=O) groups excluding carboxylic acids is 1. The molecule has 0 heterocycles. The number of hydrogen-bond acceptors (Lipinski definition) is 4. The van der Waals surface area contributed by atoms with Crippen molar-refractivity contribution in [2.75, 3.05) is 25.6 Å². The summed E-state index contributed by atoms with van der Waals surface area (Å²) >= 11 is 0. The summed E-state index contributed by atoms with van der Waals surface area (Å²) < 4.78 is 5.01. The first kappa shape index (κ1) is 16.7. The van der Waals surface area contributed by atoms with Gasteiger partial charge >= 0.3 is 0 Å². The number of amides is 1. The Bertz CT molecular complexity index is 659. The lowest BCUT2D eigenvalue weighted by molar-refractivity contribution is 0.0949. The van der Waals surface area contributed by atoms with E-state index in [0.717, 1.165) is 5.69 Å². The molecule has 2 aromatic rings. The van der Waals surface area contributed by atoms with Crippen molar-refractivity contribution in [1.82, 2.24) is 5.32 Å². The molecule has 2 N–H and O–H groups in total. The summed E-state index contributed by atoms with van der Waals surface area (Å²) in [6.45, 7) is 2.50. The van der Waals surface area contributed by atoms with E-state index in [9.17, 15) is 9.90 Å². The summed E-state index contributed by atoms with van der Waals surface area (Å²) in [5.41, 5.74) is 1.32. The first-order chi connectivity index (χ1) is 11.0. The molecular weight excluding hydrogens is 292 g/mol. The van der Waals surface area contributed by atoms with Crippen LogP contribution in [0.2, 0.25) is 0 Å². The number of carbonyl (C=O) groups is 1. The van der Waals surface area contributed by atoms with Gasteiger partial charge in [0, 0.05) is 31.4 Å². The minimum atomic E-state index is -0.307. The maximum Gasteiger partial charge on any atom is 0.255 e. The number of phenols is 1. The van der Waals surface area contributed by atoms with Gasteiger partial charge in [-0.05, 0) is 31.2 Å². The number of hydrogen-bond donors (Lipinski definition) is 2. The van der Waals surface area contributed by atoms with Gasteiger partial charge < -0.3 is 20.1 Å². The molecule has 1 amide bonds. The third-order valence-corrected chi connectivity index (χ3v) is 3.83. The minimum Gasteiger partial charge on any atom is -0.507 e. The van der Waals surface area contributed by atoms with E-state index in [0.29, 0.717) is 12.3 Å². The maximum atomic E-state index is 12.2. The number of rotatable bonds is 6. The van der Waals surface area contributed by atoms with E-state index in [2.05, 4.69) is 10.2 Å². The molecule has 0 saturated heterocycles. The molecule has 0 saturated carbocycles. The topological polar surface area (TPSA) is 61.8 Å². The van der Waals surface area contributed by atoms with E-state index < -0.39 is 0 Å². The van der Waals surface area contributed by atoms with E-state index in [-0.39, 0.29) is 23.3 Å². The van der Waals surface area contributed by atoms with Crippen molar-refractivity contribution in [2.24, 2.45) is 0 Å². The molecule has 122 valence electrons. The second-order valence-corrected chi connectivity index (χ2v) is 5.39. The van der Waals surface area contributed by atoms with Crippen molar-refractivity contribution < 1.29 is 14.6 Å². The van der Waals surface area contributed by atoms with Gasteiger partial charge in [0.05, 0.1) is 12.7 Å². The summed E-state index contributed by atoms with van der Waals surface area (Å²) in [4.78, 5) is 14.3. The molecule has 0 radical (unpaired) electrons. The van der Waals surface area contributed by atoms with Crippen LogP contribution in [0.5, 0.6) is 11.5 Å². The fourth-order valence-corrected chi connectivity index (χ4v) is 2.22. The second-order valence-electron chi connectivity index (χ2n) is 5.39. The molecule has 0 aromatic heterocycles. The van der Waals surface area contributed by atoms with Gasteiger partial charge in [-0.1, -0.05) is 18.2 Å². The van der Waals surface area contributed by atoms with Crippen LogP contribution in [0.25, 0.3) is 0 Å². The van der Waals surface area contributed by atoms with Gasteiger partial charge in [0.25, 0.3) is 5.91 Å². The van der Waals surface area contributed by atoms with Gasteiger partial charge in [0.1, 0.15) is 11.5 Å². The van der Waals surface area contributed by atoms with Crippen LogP contribution in [-0.2, 0) is 0 Å². The van der Waals surface area contributed by atoms with Gasteiger partial charge in [-0.25, -0.2) is 0 Å². The average Bonchev–Trinajstić information content (AvgIpc) is 2.59. The molecule has 5 heteroatoms.